The molecule has 3 aromatic rings. The summed E-state index contributed by atoms with van der Waals surface area (Å²) in [4.78, 5) is 98.9. The first-order valence-corrected chi connectivity index (χ1v) is 22.4. The lowest BCUT2D eigenvalue weighted by atomic mass is 9.46. The first-order chi connectivity index (χ1) is 31.8. The van der Waals surface area contributed by atoms with Crippen molar-refractivity contribution in [2.45, 2.75) is 116 Å². The Morgan fingerprint density at radius 3 is 1.91 bits per heavy atom. The molecule has 3 aromatic carbocycles. The molecule has 7 rings (SSSR count). The molecule has 1 unspecified atom stereocenters. The summed E-state index contributed by atoms with van der Waals surface area (Å²) >= 11 is 0. The number of allylic oxidation sites excluding steroid dienone is 1. The number of aliphatic hydroxyl groups excluding tert-OH is 1. The van der Waals surface area contributed by atoms with Crippen LogP contribution in [0.15, 0.2) is 114 Å². The van der Waals surface area contributed by atoms with Crippen LogP contribution < -0.4 is 5.32 Å². The summed E-state index contributed by atoms with van der Waals surface area (Å²) in [5.41, 5.74) is -3.17. The lowest BCUT2D eigenvalue weighted by Gasteiger charge is -2.66. The number of carbonyl (C=O) groups is 7. The zero-order chi connectivity index (χ0) is 48.6. The van der Waals surface area contributed by atoms with E-state index in [1.54, 1.807) is 120 Å². The average molecular weight is 920 g/mol. The Bertz CT molecular complexity index is 2480. The highest BCUT2D eigenvalue weighted by atomic mass is 16.6. The molecule has 0 radical (unpaired) electrons. The molecule has 354 valence electrons. The first kappa shape index (κ1) is 48.5. The van der Waals surface area contributed by atoms with Gasteiger partial charge in [-0.2, -0.15) is 0 Å². The Morgan fingerprint density at radius 1 is 0.791 bits per heavy atom. The molecule has 11 atom stereocenters. The summed E-state index contributed by atoms with van der Waals surface area (Å²) in [5, 5.41) is 15.0. The van der Waals surface area contributed by atoms with E-state index >= 15 is 9.59 Å². The molecule has 15 nitrogen and oxygen atoms in total. The van der Waals surface area contributed by atoms with Crippen molar-refractivity contribution in [1.29, 1.82) is 0 Å². The van der Waals surface area contributed by atoms with Crippen LogP contribution in [-0.4, -0.2) is 95.5 Å². The normalized spacial score (nSPS) is 29.4. The molecule has 2 bridgehead atoms. The smallest absolute Gasteiger partial charge is 0.350 e. The maximum atomic E-state index is 15.7. The highest BCUT2D eigenvalue weighted by Crippen LogP contribution is 2.63. The number of ketones is 1. The van der Waals surface area contributed by atoms with Crippen molar-refractivity contribution in [3.8, 4) is 0 Å². The van der Waals surface area contributed by atoms with Crippen LogP contribution in [0, 0.1) is 22.7 Å². The maximum absolute atomic E-state index is 15.7. The number of benzene rings is 3. The largest absolute Gasteiger partial charge is 0.458 e. The van der Waals surface area contributed by atoms with Gasteiger partial charge in [0.2, 0.25) is 12.0 Å². The number of hydrogen-bond donors (Lipinski definition) is 2. The van der Waals surface area contributed by atoms with Gasteiger partial charge in [-0.1, -0.05) is 86.7 Å². The van der Waals surface area contributed by atoms with Crippen LogP contribution in [0.5, 0.6) is 0 Å². The van der Waals surface area contributed by atoms with Crippen LogP contribution >= 0.6 is 0 Å². The van der Waals surface area contributed by atoms with Crippen molar-refractivity contribution in [2.75, 3.05) is 6.61 Å². The predicted molar refractivity (Wildman–Crippen MR) is 240 cm³/mol. The summed E-state index contributed by atoms with van der Waals surface area (Å²) in [6.45, 7) is 12.1. The second-order valence-corrected chi connectivity index (χ2v) is 18.6. The molecule has 0 spiro atoms. The van der Waals surface area contributed by atoms with Gasteiger partial charge in [-0.3, -0.25) is 19.2 Å². The number of esters is 5. The standard InChI is InChI=1S/C52H57NO14/c1-9-28(2)46(58)53-40(32-19-13-10-14-20-32)43(66-48(60)34-23-17-12-18-24-34)49(61)64-36-25-35-41(65-47(59)33-21-15-11-16-22-33)44-51(8,37(56)26-38-52(44,27-62-38)67-31(5)55)45(57)42(63-30(4)54)39(29(36)3)50(35,6)7/h9-24,35-38,40-44,56H,25-27H2,1-8H3,(H,53,58)/t35?,36-,37-,38+,40-,41+,42+,43+,44-,51+,52-/m0/s1. The van der Waals surface area contributed by atoms with E-state index in [0.29, 0.717) is 16.7 Å². The van der Waals surface area contributed by atoms with Gasteiger partial charge in [0.05, 0.1) is 35.2 Å². The Hall–Kier alpha value is -6.45. The Morgan fingerprint density at radius 2 is 1.37 bits per heavy atom. The SMILES string of the molecule is CC=C(C)C(=O)N[C@@H](c1ccccc1)[C@@H](OC(=O)c1ccccc1)C(=O)O[C@H]1CC2[C@@H](OC(=O)c3ccccc3)[C@@H]3[C@]4(OC(C)=O)CO[C@@H]4C[C@H](O)[C@@]3(C)C(=O)[C@H](OC(C)=O)C(=C1C)C2(C)C. The van der Waals surface area contributed by atoms with E-state index in [9.17, 15) is 29.1 Å². The van der Waals surface area contributed by atoms with Gasteiger partial charge in [-0.15, -0.1) is 0 Å². The summed E-state index contributed by atoms with van der Waals surface area (Å²) in [7, 11) is 0. The molecular formula is C52H57NO14. The highest BCUT2D eigenvalue weighted by molar-refractivity contribution is 5.96. The monoisotopic (exact) mass is 919 g/mol. The number of nitrogens with one attached hydrogen (secondary N) is 1. The molecule has 1 amide bonds. The van der Waals surface area contributed by atoms with Crippen LogP contribution in [0.1, 0.15) is 101 Å². The zero-order valence-corrected chi connectivity index (χ0v) is 38.8. The van der Waals surface area contributed by atoms with Crippen LogP contribution in [0.2, 0.25) is 0 Å². The van der Waals surface area contributed by atoms with E-state index in [1.807, 2.05) is 0 Å². The van der Waals surface area contributed by atoms with E-state index < -0.39 is 112 Å². The third kappa shape index (κ3) is 8.94. The second kappa shape index (κ2) is 19.0. The molecular weight excluding hydrogens is 863 g/mol. The van der Waals surface area contributed by atoms with E-state index in [2.05, 4.69) is 5.32 Å². The zero-order valence-electron chi connectivity index (χ0n) is 38.8. The van der Waals surface area contributed by atoms with Crippen LogP contribution in [0.4, 0.5) is 0 Å². The van der Waals surface area contributed by atoms with Crippen molar-refractivity contribution in [3.05, 3.63) is 130 Å². The molecule has 3 aliphatic carbocycles. The highest BCUT2D eigenvalue weighted by Gasteiger charge is 2.75. The molecule has 1 aliphatic heterocycles. The topological polar surface area (TPSA) is 207 Å². The lowest BCUT2D eigenvalue weighted by molar-refractivity contribution is -0.335. The van der Waals surface area contributed by atoms with Crippen molar-refractivity contribution in [2.24, 2.45) is 22.7 Å². The molecule has 3 fully saturated rings. The first-order valence-electron chi connectivity index (χ1n) is 22.4. The summed E-state index contributed by atoms with van der Waals surface area (Å²) in [5.74, 6) is -7.83. The number of fused-ring (bicyclic) bond motifs is 5. The van der Waals surface area contributed by atoms with Gasteiger partial charge >= 0.3 is 29.8 Å². The van der Waals surface area contributed by atoms with E-state index in [1.165, 1.54) is 26.0 Å². The van der Waals surface area contributed by atoms with E-state index in [0.717, 1.165) is 6.92 Å². The number of rotatable bonds is 12. The number of ether oxygens (including phenoxy) is 6. The molecule has 67 heavy (non-hydrogen) atoms. The van der Waals surface area contributed by atoms with Crippen molar-refractivity contribution in [3.63, 3.8) is 0 Å². The Kier molecular flexibility index (Phi) is 13.8. The van der Waals surface area contributed by atoms with Crippen molar-refractivity contribution >= 4 is 41.5 Å². The van der Waals surface area contributed by atoms with E-state index in [-0.39, 0.29) is 36.1 Å². The summed E-state index contributed by atoms with van der Waals surface area (Å²) in [6.07, 6.45) is -7.18. The molecule has 0 aromatic heterocycles. The minimum Gasteiger partial charge on any atom is -0.458 e. The van der Waals surface area contributed by atoms with E-state index in [4.69, 9.17) is 28.4 Å². The summed E-state index contributed by atoms with van der Waals surface area (Å²) in [6, 6.07) is 23.3. The van der Waals surface area contributed by atoms with Crippen LogP contribution in [-0.2, 0) is 52.4 Å². The van der Waals surface area contributed by atoms with Gasteiger partial charge in [0.15, 0.2) is 17.5 Å². The summed E-state index contributed by atoms with van der Waals surface area (Å²) < 4.78 is 37.2. The van der Waals surface area contributed by atoms with Gasteiger partial charge in [0.25, 0.3) is 0 Å². The fourth-order valence-electron chi connectivity index (χ4n) is 10.7. The maximum Gasteiger partial charge on any atom is 0.350 e. The molecule has 4 aliphatic rings. The van der Waals surface area contributed by atoms with Gasteiger partial charge in [0.1, 0.15) is 24.4 Å². The van der Waals surface area contributed by atoms with Crippen LogP contribution in [0.25, 0.3) is 0 Å². The van der Waals surface area contributed by atoms with Crippen molar-refractivity contribution in [1.82, 2.24) is 5.32 Å². The third-order valence-electron chi connectivity index (χ3n) is 14.3. The molecule has 15 heteroatoms. The number of aliphatic hydroxyl groups is 1. The number of hydrogen-bond acceptors (Lipinski definition) is 14. The fraction of sp³-hybridized carbons (Fsp3) is 0.442. The third-order valence-corrected chi connectivity index (χ3v) is 14.3. The second-order valence-electron chi connectivity index (χ2n) is 18.6. The predicted octanol–water partition coefficient (Wildman–Crippen LogP) is 6.14. The van der Waals surface area contributed by atoms with Crippen molar-refractivity contribution < 1.29 is 67.1 Å². The lowest BCUT2D eigenvalue weighted by Crippen LogP contribution is -2.79. The van der Waals surface area contributed by atoms with Crippen LogP contribution in [0.3, 0.4) is 0 Å². The van der Waals surface area contributed by atoms with Gasteiger partial charge in [-0.25, -0.2) is 14.4 Å². The Balaban J connectivity index is 1.41. The van der Waals surface area contributed by atoms with Gasteiger partial charge < -0.3 is 38.8 Å². The molecule has 2 N–H and O–H groups in total. The Labute approximate surface area is 389 Å². The number of carbonyl (C=O) groups excluding carboxylic acids is 7. The van der Waals surface area contributed by atoms with Gasteiger partial charge in [-0.05, 0) is 80.5 Å². The molecule has 2 saturated carbocycles. The molecule has 1 heterocycles. The molecule has 1 saturated heterocycles. The minimum atomic E-state index is -1.90. The fourth-order valence-corrected chi connectivity index (χ4v) is 10.7. The quantitative estimate of drug-likeness (QED) is 0.0907. The average Bonchev–Trinajstić information content (AvgIpc) is 3.30. The number of Topliss-reactive ketones (excluding diaryl/α,β-unsaturated/α-hetero) is 1. The minimum absolute atomic E-state index is 0.106. The van der Waals surface area contributed by atoms with Gasteiger partial charge in [0, 0.05) is 31.8 Å². The number of amides is 1.